The summed E-state index contributed by atoms with van der Waals surface area (Å²) in [6, 6.07) is 8.24. The monoisotopic (exact) mass is 255 g/mol. The summed E-state index contributed by atoms with van der Waals surface area (Å²) in [5.74, 6) is 0.894. The van der Waals surface area contributed by atoms with E-state index in [1.165, 1.54) is 0 Å². The van der Waals surface area contributed by atoms with E-state index >= 15 is 0 Å². The molecule has 0 aliphatic heterocycles. The van der Waals surface area contributed by atoms with E-state index < -0.39 is 0 Å². The van der Waals surface area contributed by atoms with Crippen molar-refractivity contribution in [2.75, 3.05) is 7.05 Å². The van der Waals surface area contributed by atoms with Gasteiger partial charge in [-0.2, -0.15) is 0 Å². The first-order valence-corrected chi connectivity index (χ1v) is 6.33. The molecule has 19 heavy (non-hydrogen) atoms. The van der Waals surface area contributed by atoms with Crippen LogP contribution < -0.4 is 5.32 Å². The van der Waals surface area contributed by atoms with Gasteiger partial charge < -0.3 is 14.3 Å². The Morgan fingerprint density at radius 1 is 1.37 bits per heavy atom. The van der Waals surface area contributed by atoms with Crippen LogP contribution in [-0.4, -0.2) is 16.6 Å². The molecule has 2 heterocycles. The standard InChI is InChI=1S/C15H17N3O/c1-10-5-4-6-11-7-13(19-15(10)11)14(16-2)12-8-18(3)9-17-12/h4-9,14,16H,1-3H3. The minimum atomic E-state index is -0.0204. The van der Waals surface area contributed by atoms with E-state index in [0.29, 0.717) is 0 Å². The number of nitrogens with one attached hydrogen (secondary N) is 1. The Morgan fingerprint density at radius 3 is 2.84 bits per heavy atom. The van der Waals surface area contributed by atoms with Crippen LogP contribution in [0.2, 0.25) is 0 Å². The normalized spacial score (nSPS) is 13.0. The molecule has 1 aromatic carbocycles. The molecule has 0 radical (unpaired) electrons. The molecule has 0 fully saturated rings. The highest BCUT2D eigenvalue weighted by Crippen LogP contribution is 2.28. The minimum Gasteiger partial charge on any atom is -0.459 e. The van der Waals surface area contributed by atoms with Gasteiger partial charge in [-0.05, 0) is 25.6 Å². The number of rotatable bonds is 3. The molecular formula is C15H17N3O. The van der Waals surface area contributed by atoms with Crippen LogP contribution >= 0.6 is 0 Å². The van der Waals surface area contributed by atoms with Crippen molar-refractivity contribution in [3.8, 4) is 0 Å². The molecule has 0 aliphatic rings. The van der Waals surface area contributed by atoms with Crippen molar-refractivity contribution in [2.45, 2.75) is 13.0 Å². The number of aromatic nitrogens is 2. The Balaban J connectivity index is 2.09. The fraction of sp³-hybridized carbons (Fsp3) is 0.267. The van der Waals surface area contributed by atoms with E-state index in [2.05, 4.69) is 35.4 Å². The van der Waals surface area contributed by atoms with Crippen LogP contribution in [0, 0.1) is 6.92 Å². The third-order valence-corrected chi connectivity index (χ3v) is 3.35. The van der Waals surface area contributed by atoms with Gasteiger partial charge >= 0.3 is 0 Å². The summed E-state index contributed by atoms with van der Waals surface area (Å²) in [5, 5.41) is 4.39. The molecule has 0 amide bonds. The van der Waals surface area contributed by atoms with Crippen molar-refractivity contribution in [1.82, 2.24) is 14.9 Å². The van der Waals surface area contributed by atoms with Crippen molar-refractivity contribution < 1.29 is 4.42 Å². The molecule has 3 rings (SSSR count). The lowest BCUT2D eigenvalue weighted by molar-refractivity contribution is 0.485. The fourth-order valence-electron chi connectivity index (χ4n) is 2.39. The molecule has 1 unspecified atom stereocenters. The zero-order chi connectivity index (χ0) is 13.4. The van der Waals surface area contributed by atoms with Crippen LogP contribution in [0.25, 0.3) is 11.0 Å². The molecule has 0 saturated heterocycles. The van der Waals surface area contributed by atoms with Gasteiger partial charge in [0.25, 0.3) is 0 Å². The third-order valence-electron chi connectivity index (χ3n) is 3.35. The maximum absolute atomic E-state index is 6.00. The topological polar surface area (TPSA) is 43.0 Å². The predicted molar refractivity (Wildman–Crippen MR) is 75.1 cm³/mol. The number of furan rings is 1. The number of imidazole rings is 1. The van der Waals surface area contributed by atoms with Gasteiger partial charge in [0.15, 0.2) is 0 Å². The van der Waals surface area contributed by atoms with Gasteiger partial charge in [-0.3, -0.25) is 0 Å². The summed E-state index contributed by atoms with van der Waals surface area (Å²) in [4.78, 5) is 4.40. The summed E-state index contributed by atoms with van der Waals surface area (Å²) >= 11 is 0. The average Bonchev–Trinajstić information content (AvgIpc) is 2.98. The molecule has 4 nitrogen and oxygen atoms in total. The van der Waals surface area contributed by atoms with Crippen molar-refractivity contribution in [3.63, 3.8) is 0 Å². The molecule has 98 valence electrons. The van der Waals surface area contributed by atoms with Crippen LogP contribution in [0.5, 0.6) is 0 Å². The highest BCUT2D eigenvalue weighted by molar-refractivity contribution is 5.81. The molecule has 4 heteroatoms. The van der Waals surface area contributed by atoms with Crippen LogP contribution in [0.4, 0.5) is 0 Å². The summed E-state index contributed by atoms with van der Waals surface area (Å²) in [5.41, 5.74) is 3.06. The number of benzene rings is 1. The van der Waals surface area contributed by atoms with E-state index in [0.717, 1.165) is 28.0 Å². The Morgan fingerprint density at radius 2 is 2.21 bits per heavy atom. The first kappa shape index (κ1) is 12.0. The van der Waals surface area contributed by atoms with Gasteiger partial charge in [0.05, 0.1) is 12.0 Å². The Hall–Kier alpha value is -2.07. The minimum absolute atomic E-state index is 0.0204. The number of fused-ring (bicyclic) bond motifs is 1. The molecule has 0 spiro atoms. The predicted octanol–water partition coefficient (Wildman–Crippen LogP) is 2.78. The summed E-state index contributed by atoms with van der Waals surface area (Å²) in [6.07, 6.45) is 3.80. The van der Waals surface area contributed by atoms with Gasteiger partial charge in [0, 0.05) is 18.6 Å². The maximum atomic E-state index is 6.00. The average molecular weight is 255 g/mol. The Kier molecular flexibility index (Phi) is 2.87. The Labute approximate surface area is 112 Å². The molecule has 0 saturated carbocycles. The second kappa shape index (κ2) is 4.55. The van der Waals surface area contributed by atoms with Crippen molar-refractivity contribution in [3.05, 3.63) is 53.8 Å². The van der Waals surface area contributed by atoms with Crippen LogP contribution in [0.3, 0.4) is 0 Å². The third kappa shape index (κ3) is 2.04. The van der Waals surface area contributed by atoms with Gasteiger partial charge in [0.2, 0.25) is 0 Å². The molecule has 1 atom stereocenters. The van der Waals surface area contributed by atoms with Crippen LogP contribution in [0.15, 0.2) is 41.2 Å². The van der Waals surface area contributed by atoms with E-state index in [1.807, 2.05) is 30.9 Å². The number of aryl methyl sites for hydroxylation is 2. The van der Waals surface area contributed by atoms with Crippen molar-refractivity contribution >= 4 is 11.0 Å². The van der Waals surface area contributed by atoms with E-state index in [1.54, 1.807) is 6.33 Å². The fourth-order valence-corrected chi connectivity index (χ4v) is 2.39. The van der Waals surface area contributed by atoms with Gasteiger partial charge in [-0.15, -0.1) is 0 Å². The quantitative estimate of drug-likeness (QED) is 0.782. The maximum Gasteiger partial charge on any atom is 0.137 e. The van der Waals surface area contributed by atoms with Crippen molar-refractivity contribution in [1.29, 1.82) is 0 Å². The van der Waals surface area contributed by atoms with Crippen molar-refractivity contribution in [2.24, 2.45) is 7.05 Å². The Bertz CT molecular complexity index is 711. The van der Waals surface area contributed by atoms with Gasteiger partial charge in [0.1, 0.15) is 17.4 Å². The molecular weight excluding hydrogens is 238 g/mol. The molecule has 1 N–H and O–H groups in total. The lowest BCUT2D eigenvalue weighted by Gasteiger charge is -2.10. The van der Waals surface area contributed by atoms with E-state index in [4.69, 9.17) is 4.42 Å². The number of para-hydroxylation sites is 1. The van der Waals surface area contributed by atoms with Crippen LogP contribution in [0.1, 0.15) is 23.1 Å². The molecule has 2 aromatic heterocycles. The highest BCUT2D eigenvalue weighted by Gasteiger charge is 2.19. The van der Waals surface area contributed by atoms with Crippen LogP contribution in [-0.2, 0) is 7.05 Å². The number of nitrogens with zero attached hydrogens (tertiary/aromatic N) is 2. The molecule has 0 aliphatic carbocycles. The summed E-state index contributed by atoms with van der Waals surface area (Å²) < 4.78 is 7.94. The first-order valence-electron chi connectivity index (χ1n) is 6.33. The lowest BCUT2D eigenvalue weighted by atomic mass is 10.1. The highest BCUT2D eigenvalue weighted by atomic mass is 16.3. The zero-order valence-electron chi connectivity index (χ0n) is 11.3. The molecule has 3 aromatic rings. The first-order chi connectivity index (χ1) is 9.19. The smallest absolute Gasteiger partial charge is 0.137 e. The van der Waals surface area contributed by atoms with Gasteiger partial charge in [-0.1, -0.05) is 18.2 Å². The lowest BCUT2D eigenvalue weighted by Crippen LogP contribution is -2.17. The van der Waals surface area contributed by atoms with E-state index in [9.17, 15) is 0 Å². The summed E-state index contributed by atoms with van der Waals surface area (Å²) in [6.45, 7) is 2.06. The molecule has 0 bridgehead atoms. The number of hydrogen-bond donors (Lipinski definition) is 1. The van der Waals surface area contributed by atoms with Gasteiger partial charge in [-0.25, -0.2) is 4.98 Å². The van der Waals surface area contributed by atoms with E-state index in [-0.39, 0.29) is 6.04 Å². The second-order valence-electron chi connectivity index (χ2n) is 4.83. The SMILES string of the molecule is CNC(c1cn(C)cn1)c1cc2cccc(C)c2o1. The largest absolute Gasteiger partial charge is 0.459 e. The zero-order valence-corrected chi connectivity index (χ0v) is 11.3. The number of hydrogen-bond acceptors (Lipinski definition) is 3. The summed E-state index contributed by atoms with van der Waals surface area (Å²) in [7, 11) is 3.88. The second-order valence-corrected chi connectivity index (χ2v) is 4.83.